The number of halogens is 3. The zero-order valence-electron chi connectivity index (χ0n) is 10.8. The van der Waals surface area contributed by atoms with Gasteiger partial charge in [0.15, 0.2) is 0 Å². The highest BCUT2D eigenvalue weighted by molar-refractivity contribution is 5.25. The Bertz CT molecular complexity index is 535. The fourth-order valence-electron chi connectivity index (χ4n) is 1.84. The maximum Gasteiger partial charge on any atom is 0.416 e. The first kappa shape index (κ1) is 14.4. The van der Waals surface area contributed by atoms with Crippen molar-refractivity contribution in [2.45, 2.75) is 19.0 Å². The smallest absolute Gasteiger partial charge is 0.416 e. The molecule has 1 radical (unpaired) electrons. The van der Waals surface area contributed by atoms with E-state index in [0.717, 1.165) is 11.8 Å². The number of rotatable bonds is 5. The molecule has 2 aromatic rings. The highest BCUT2D eigenvalue weighted by Crippen LogP contribution is 2.29. The molecule has 0 spiro atoms. The molecule has 0 unspecified atom stereocenters. The average Bonchev–Trinajstić information content (AvgIpc) is 2.44. The minimum atomic E-state index is -4.28. The molecular weight excluding hydrogens is 265 g/mol. The molecule has 0 aliphatic heterocycles. The molecule has 2 rings (SSSR count). The largest absolute Gasteiger partial charge is 0.494 e. The Balaban J connectivity index is 1.83. The second-order valence-electron chi connectivity index (χ2n) is 4.39. The van der Waals surface area contributed by atoms with E-state index in [1.54, 1.807) is 30.3 Å². The van der Waals surface area contributed by atoms with Gasteiger partial charge >= 0.3 is 6.18 Å². The van der Waals surface area contributed by atoms with Crippen molar-refractivity contribution in [3.63, 3.8) is 0 Å². The minimum Gasteiger partial charge on any atom is -0.494 e. The van der Waals surface area contributed by atoms with E-state index in [1.807, 2.05) is 0 Å². The summed E-state index contributed by atoms with van der Waals surface area (Å²) in [5, 5.41) is 0. The van der Waals surface area contributed by atoms with Crippen molar-refractivity contribution in [1.82, 2.24) is 0 Å². The summed E-state index contributed by atoms with van der Waals surface area (Å²) in [6.07, 6.45) is -3.06. The highest BCUT2D eigenvalue weighted by Gasteiger charge is 2.30. The number of alkyl halides is 3. The Labute approximate surface area is 116 Å². The van der Waals surface area contributed by atoms with E-state index in [2.05, 4.69) is 6.07 Å². The lowest BCUT2D eigenvalue weighted by molar-refractivity contribution is -0.137. The van der Waals surface area contributed by atoms with E-state index < -0.39 is 11.7 Å². The molecule has 0 aliphatic rings. The van der Waals surface area contributed by atoms with Crippen molar-refractivity contribution in [3.05, 3.63) is 65.7 Å². The van der Waals surface area contributed by atoms with Crippen molar-refractivity contribution in [1.29, 1.82) is 0 Å². The van der Waals surface area contributed by atoms with Gasteiger partial charge in [0.05, 0.1) is 12.2 Å². The van der Waals surface area contributed by atoms with Gasteiger partial charge in [0.25, 0.3) is 0 Å². The fraction of sp³-hybridized carbons (Fsp3) is 0.250. The molecule has 0 aliphatic carbocycles. The SMILES string of the molecule is FC(F)(F)c1cccc(CCCOc2cc[c]cc2)c1. The van der Waals surface area contributed by atoms with Crippen molar-refractivity contribution in [2.24, 2.45) is 0 Å². The van der Waals surface area contributed by atoms with Crippen LogP contribution in [0.2, 0.25) is 0 Å². The molecule has 4 heteroatoms. The summed E-state index contributed by atoms with van der Waals surface area (Å²) in [7, 11) is 0. The first-order chi connectivity index (χ1) is 9.55. The van der Waals surface area contributed by atoms with Crippen LogP contribution >= 0.6 is 0 Å². The first-order valence-corrected chi connectivity index (χ1v) is 6.31. The van der Waals surface area contributed by atoms with Crippen LogP contribution in [0, 0.1) is 6.07 Å². The number of benzene rings is 2. The molecule has 0 aromatic heterocycles. The van der Waals surface area contributed by atoms with Gasteiger partial charge < -0.3 is 4.74 Å². The van der Waals surface area contributed by atoms with Crippen molar-refractivity contribution >= 4 is 0 Å². The molecule has 0 amide bonds. The van der Waals surface area contributed by atoms with E-state index in [9.17, 15) is 13.2 Å². The van der Waals surface area contributed by atoms with Gasteiger partial charge in [-0.05, 0) is 42.7 Å². The predicted molar refractivity (Wildman–Crippen MR) is 70.5 cm³/mol. The molecule has 0 saturated heterocycles. The first-order valence-electron chi connectivity index (χ1n) is 6.31. The van der Waals surface area contributed by atoms with Gasteiger partial charge in [0.1, 0.15) is 5.75 Å². The van der Waals surface area contributed by atoms with Gasteiger partial charge in [0.2, 0.25) is 0 Å². The van der Waals surface area contributed by atoms with Crippen LogP contribution in [-0.4, -0.2) is 6.61 Å². The Hall–Kier alpha value is -1.97. The van der Waals surface area contributed by atoms with Crippen LogP contribution in [0.25, 0.3) is 0 Å². The molecular formula is C16H14F3O. The van der Waals surface area contributed by atoms with E-state index in [-0.39, 0.29) is 0 Å². The van der Waals surface area contributed by atoms with Gasteiger partial charge in [-0.2, -0.15) is 13.2 Å². The second-order valence-corrected chi connectivity index (χ2v) is 4.39. The lowest BCUT2D eigenvalue weighted by Crippen LogP contribution is -2.05. The summed E-state index contributed by atoms with van der Waals surface area (Å²) in [4.78, 5) is 0. The van der Waals surface area contributed by atoms with Crippen LogP contribution in [0.3, 0.4) is 0 Å². The molecule has 0 heterocycles. The van der Waals surface area contributed by atoms with Crippen LogP contribution in [0.15, 0.2) is 48.5 Å². The third-order valence-corrected chi connectivity index (χ3v) is 2.82. The Morgan fingerprint density at radius 1 is 1.05 bits per heavy atom. The zero-order valence-corrected chi connectivity index (χ0v) is 10.8. The molecule has 20 heavy (non-hydrogen) atoms. The number of aryl methyl sites for hydroxylation is 1. The summed E-state index contributed by atoms with van der Waals surface area (Å²) < 4.78 is 43.1. The van der Waals surface area contributed by atoms with Crippen LogP contribution in [0.4, 0.5) is 13.2 Å². The number of ether oxygens (including phenoxy) is 1. The molecule has 0 atom stereocenters. The zero-order chi connectivity index (χ0) is 14.4. The van der Waals surface area contributed by atoms with Crippen LogP contribution in [-0.2, 0) is 12.6 Å². The summed E-state index contributed by atoms with van der Waals surface area (Å²) >= 11 is 0. The molecule has 0 fully saturated rings. The summed E-state index contributed by atoms with van der Waals surface area (Å²) in [6.45, 7) is 0.472. The predicted octanol–water partition coefficient (Wildman–Crippen LogP) is 4.52. The highest BCUT2D eigenvalue weighted by atomic mass is 19.4. The van der Waals surface area contributed by atoms with Gasteiger partial charge in [-0.15, -0.1) is 0 Å². The second kappa shape index (κ2) is 6.46. The third-order valence-electron chi connectivity index (χ3n) is 2.82. The molecule has 0 saturated carbocycles. The Kier molecular flexibility index (Phi) is 4.66. The Morgan fingerprint density at radius 2 is 1.80 bits per heavy atom. The standard InChI is InChI=1S/C16H14F3O/c17-16(18,19)14-8-4-6-13(12-14)7-5-11-20-15-9-2-1-3-10-15/h2-4,6,8-10,12H,5,7,11H2. The van der Waals surface area contributed by atoms with E-state index in [4.69, 9.17) is 4.74 Å². The average molecular weight is 279 g/mol. The van der Waals surface area contributed by atoms with E-state index >= 15 is 0 Å². The lowest BCUT2D eigenvalue weighted by atomic mass is 10.1. The summed E-state index contributed by atoms with van der Waals surface area (Å²) in [6, 6.07) is 15.4. The maximum absolute atomic E-state index is 12.5. The molecule has 0 N–H and O–H groups in total. The molecule has 1 nitrogen and oxygen atoms in total. The number of hydrogen-bond donors (Lipinski definition) is 0. The van der Waals surface area contributed by atoms with Crippen LogP contribution in [0.1, 0.15) is 17.5 Å². The minimum absolute atomic E-state index is 0.472. The third kappa shape index (κ3) is 4.30. The monoisotopic (exact) mass is 279 g/mol. The van der Waals surface area contributed by atoms with Gasteiger partial charge in [-0.25, -0.2) is 0 Å². The van der Waals surface area contributed by atoms with E-state index in [1.165, 1.54) is 12.1 Å². The fourth-order valence-corrected chi connectivity index (χ4v) is 1.84. The summed E-state index contributed by atoms with van der Waals surface area (Å²) in [5.41, 5.74) is 0.0688. The van der Waals surface area contributed by atoms with Gasteiger partial charge in [-0.3, -0.25) is 0 Å². The van der Waals surface area contributed by atoms with Crippen molar-refractivity contribution < 1.29 is 17.9 Å². The van der Waals surface area contributed by atoms with Crippen LogP contribution < -0.4 is 4.74 Å². The maximum atomic E-state index is 12.5. The normalized spacial score (nSPS) is 11.3. The quantitative estimate of drug-likeness (QED) is 0.731. The Morgan fingerprint density at radius 3 is 2.50 bits per heavy atom. The number of hydrogen-bond acceptors (Lipinski definition) is 1. The molecule has 0 bridgehead atoms. The lowest BCUT2D eigenvalue weighted by Gasteiger charge is -2.09. The summed E-state index contributed by atoms with van der Waals surface area (Å²) in [5.74, 6) is 0.743. The van der Waals surface area contributed by atoms with Crippen molar-refractivity contribution in [2.75, 3.05) is 6.61 Å². The van der Waals surface area contributed by atoms with E-state index in [0.29, 0.717) is 25.0 Å². The van der Waals surface area contributed by atoms with Crippen molar-refractivity contribution in [3.8, 4) is 5.75 Å². The molecule has 105 valence electrons. The van der Waals surface area contributed by atoms with Gasteiger partial charge in [0, 0.05) is 0 Å². The molecule has 2 aromatic carbocycles. The van der Waals surface area contributed by atoms with Crippen LogP contribution in [0.5, 0.6) is 5.75 Å². The van der Waals surface area contributed by atoms with Gasteiger partial charge in [-0.1, -0.05) is 30.3 Å². The topological polar surface area (TPSA) is 9.23 Å².